The number of pyridine rings is 3. The van der Waals surface area contributed by atoms with Crippen molar-refractivity contribution in [2.75, 3.05) is 79.0 Å². The van der Waals surface area contributed by atoms with Crippen molar-refractivity contribution >= 4 is 143 Å². The number of ether oxygens (including phenoxy) is 7. The topological polar surface area (TPSA) is 692 Å². The highest BCUT2D eigenvalue weighted by atomic mass is 32.3. The number of aliphatic hydroxyl groups excluding tert-OH is 2. The van der Waals surface area contributed by atoms with Crippen LogP contribution in [0.15, 0.2) is 149 Å². The van der Waals surface area contributed by atoms with Gasteiger partial charge in [-0.25, -0.2) is 79.7 Å². The predicted octanol–water partition coefficient (Wildman–Crippen LogP) is 9.22. The van der Waals surface area contributed by atoms with Gasteiger partial charge in [0, 0.05) is 43.9 Å². The third kappa shape index (κ3) is 32.4. The number of nitrogen functional groups attached to an aromatic ring is 1. The molecule has 0 aliphatic carbocycles. The van der Waals surface area contributed by atoms with Gasteiger partial charge in [0.1, 0.15) is 51.7 Å². The van der Waals surface area contributed by atoms with Gasteiger partial charge in [-0.15, -0.1) is 0 Å². The molecule has 52 heteroatoms. The Morgan fingerprint density at radius 2 is 0.892 bits per heavy atom. The van der Waals surface area contributed by atoms with E-state index in [-0.39, 0.29) is 122 Å². The van der Waals surface area contributed by atoms with E-state index in [1.165, 1.54) is 44.6 Å². The third-order valence-electron chi connectivity index (χ3n) is 15.0. The molecular formula is C78H74F7N9O35S. The highest BCUT2D eigenvalue weighted by Gasteiger charge is 2.27. The predicted molar refractivity (Wildman–Crippen MR) is 436 cm³/mol. The number of nitrogens with zero attached hydrogens (tertiary/aromatic N) is 3. The zero-order valence-corrected chi connectivity index (χ0v) is 68.2. The number of halogens is 7. The summed E-state index contributed by atoms with van der Waals surface area (Å²) in [5.74, 6) is -16.6. The van der Waals surface area contributed by atoms with E-state index in [1.807, 2.05) is 0 Å². The second-order valence-corrected chi connectivity index (χ2v) is 23.9. The number of methoxy groups -OCH3 is 4. The Morgan fingerprint density at radius 1 is 0.477 bits per heavy atom. The van der Waals surface area contributed by atoms with Crippen LogP contribution in [0.3, 0.4) is 0 Å². The lowest BCUT2D eigenvalue weighted by Crippen LogP contribution is -2.33. The number of hydrazine groups is 1. The summed E-state index contributed by atoms with van der Waals surface area (Å²) in [6, 6.07) is 21.6. The fourth-order valence-electron chi connectivity index (χ4n) is 9.59. The van der Waals surface area contributed by atoms with Crippen LogP contribution in [0.5, 0.6) is 0 Å². The van der Waals surface area contributed by atoms with E-state index in [0.29, 0.717) is 11.8 Å². The number of carbonyl (C=O) groups is 12. The molecule has 0 fully saturated rings. The van der Waals surface area contributed by atoms with Crippen molar-refractivity contribution in [3.8, 4) is 0 Å². The first-order valence-corrected chi connectivity index (χ1v) is 36.0. The molecule has 15 N–H and O–H groups in total. The molecule has 696 valence electrons. The number of aliphatic hydroxyl groups is 2. The number of hydrogen-bond acceptors (Lipinski definition) is 33. The van der Waals surface area contributed by atoms with Gasteiger partial charge in [-0.3, -0.25) is 54.6 Å². The molecular weight excluding hydrogens is 1790 g/mol. The summed E-state index contributed by atoms with van der Waals surface area (Å²) in [5, 5.41) is 71.6. The SMILES string of the molecule is C.CCOC(=O)/C=C(/Nc1cc(C(=O)OC)ccc1F)C(=O)OCC.CCOC(=O)c1cc(=O)c2c(C(=O)OC)ccc(F)c2[nH]1.CO.CO.COC(=O)c1ccc(F)c(N)c1.COC(=O)c1ccc(F)c([N+](=O)[O-])c1.O=C(O)c1cc(=O)c2c(C(=O)O)ccc(F)c2[nH]1.O=C(O)c1cc2c3c(ccc(F)c3n1)C(=O)NN2.O=C(O)c1ccc(F)c([N+](=O)[O-])c1.O=S(=O)(O)O. The number of nitrogens with one attached hydrogen (secondary N) is 5. The van der Waals surface area contributed by atoms with Crippen molar-refractivity contribution in [1.29, 1.82) is 0 Å². The Labute approximate surface area is 724 Å². The summed E-state index contributed by atoms with van der Waals surface area (Å²) in [6.45, 7) is 5.07. The van der Waals surface area contributed by atoms with Gasteiger partial charge < -0.3 is 84.8 Å². The van der Waals surface area contributed by atoms with Gasteiger partial charge in [0.05, 0.1) is 142 Å². The molecule has 11 rings (SSSR count). The van der Waals surface area contributed by atoms with E-state index in [1.54, 1.807) is 20.8 Å². The number of anilines is 3. The molecule has 1 amide bonds. The van der Waals surface area contributed by atoms with E-state index in [9.17, 15) is 118 Å². The first-order chi connectivity index (χ1) is 60.6. The van der Waals surface area contributed by atoms with E-state index >= 15 is 0 Å². The van der Waals surface area contributed by atoms with Crippen molar-refractivity contribution in [3.63, 3.8) is 0 Å². The summed E-state index contributed by atoms with van der Waals surface area (Å²) < 4.78 is 157. The molecule has 1 aliphatic rings. The van der Waals surface area contributed by atoms with Crippen LogP contribution in [0, 0.1) is 60.9 Å². The standard InChI is InChI=1S/C16H18FNO6.C14H12FNO5.C11H6FN3O3.C11H6FNO5.C8H6FNO4.C8H8FNO2.C7H4FNO4.2CH4O.CH4.H2O4S/c1-4-23-14(19)9-13(16(21)24-5-2)18-12-8-10(15(20)22-3)6-7-11(12)17;1-3-21-14(19)9-6-10(17)11-7(13(18)20-2)4-5-8(15)12(11)16-9;12-5-2-1-4-8-6(14-15-10(4)16)3-7(11(17)18)13-9(5)8;12-5-2-1-4(10(15)16)8-7(14)3-6(11(17)18)13-9(5)8;1-14-8(11)5-2-3-6(9)7(4-5)10(12)13;1-12-8(11)5-2-3-6(9)7(10)4-5;8-5-2-1-4(7(10)11)3-6(5)9(12)13;2*1-2;;1-5(2,3)4/h6-9,18H,4-5H2,1-3H3;4-6H,3H2,1-2H3,(H,16,17);1-3,14H,(H,15,16)(H,17,18);1-3H,(H,13,14)(H,15,16)(H,17,18);2-4H,1H3;2-4H,10H2,1H3;1-3H,(H,10,11);2*2H,1H3;1H4;(H2,1,2,3,4)/b13-9+;;;;;;;;;;. The molecule has 4 heterocycles. The van der Waals surface area contributed by atoms with Crippen LogP contribution in [-0.4, -0.2) is 207 Å². The number of carboxylic acid groups (broad SMARTS) is 4. The van der Waals surface area contributed by atoms with Crippen LogP contribution in [-0.2, 0) is 53.1 Å². The maximum Gasteiger partial charge on any atom is 0.394 e. The number of hydrogen-bond donors (Lipinski definition) is 14. The molecule has 0 saturated heterocycles. The van der Waals surface area contributed by atoms with Crippen molar-refractivity contribution in [3.05, 3.63) is 277 Å². The number of aromatic amines is 2. The van der Waals surface area contributed by atoms with Crippen molar-refractivity contribution < 1.29 is 179 Å². The molecule has 44 nitrogen and oxygen atoms in total. The second kappa shape index (κ2) is 52.8. The minimum Gasteiger partial charge on any atom is -0.478 e. The first kappa shape index (κ1) is 111. The zero-order chi connectivity index (χ0) is 98.4. The van der Waals surface area contributed by atoms with Crippen LogP contribution in [0.1, 0.15) is 132 Å². The minimum absolute atomic E-state index is 0. The first-order valence-electron chi connectivity index (χ1n) is 34.6. The van der Waals surface area contributed by atoms with Crippen molar-refractivity contribution in [2.45, 2.75) is 28.2 Å². The molecule has 0 unspecified atom stereocenters. The molecule has 0 saturated carbocycles. The Morgan fingerprint density at radius 3 is 1.34 bits per heavy atom. The number of benzene rings is 7. The highest BCUT2D eigenvalue weighted by Crippen LogP contribution is 2.32. The molecule has 130 heavy (non-hydrogen) atoms. The van der Waals surface area contributed by atoms with Crippen LogP contribution in [0.25, 0.3) is 32.7 Å². The number of esters is 7. The molecule has 3 aromatic heterocycles. The van der Waals surface area contributed by atoms with Crippen LogP contribution in [0.2, 0.25) is 0 Å². The molecule has 10 aromatic rings. The van der Waals surface area contributed by atoms with E-state index in [0.717, 1.165) is 126 Å². The Hall–Kier alpha value is -16.8. The number of carbonyl (C=O) groups excluding carboxylic acids is 8. The lowest BCUT2D eigenvalue weighted by molar-refractivity contribution is -0.387. The van der Waals surface area contributed by atoms with Gasteiger partial charge >= 0.3 is 87.4 Å². The van der Waals surface area contributed by atoms with Gasteiger partial charge in [-0.1, -0.05) is 7.43 Å². The number of nitro groups is 2. The monoisotopic (exact) mass is 1860 g/mol. The quantitative estimate of drug-likeness (QED) is 0.00556. The fraction of sp³-hybridized carbons (Fsp3) is 0.167. The smallest absolute Gasteiger partial charge is 0.394 e. The summed E-state index contributed by atoms with van der Waals surface area (Å²) in [5.41, 5.74) is 4.69. The number of aromatic carboxylic acids is 4. The van der Waals surface area contributed by atoms with E-state index < -0.39 is 166 Å². The van der Waals surface area contributed by atoms with Gasteiger partial charge in [0.2, 0.25) is 11.6 Å². The Kier molecular flexibility index (Phi) is 45.2. The fourth-order valence-corrected chi connectivity index (χ4v) is 9.59. The van der Waals surface area contributed by atoms with Crippen LogP contribution < -0.4 is 32.8 Å². The Balaban J connectivity index is 0.000000752. The molecule has 0 bridgehead atoms. The number of amides is 1. The zero-order valence-electron chi connectivity index (χ0n) is 67.4. The number of aromatic nitrogens is 3. The lowest BCUT2D eigenvalue weighted by atomic mass is 10.0. The summed E-state index contributed by atoms with van der Waals surface area (Å²) in [6.07, 6.45) is 0.853. The molecule has 0 atom stereocenters. The summed E-state index contributed by atoms with van der Waals surface area (Å²) >= 11 is 0. The average Bonchev–Trinajstić information content (AvgIpc) is 0.759. The Bertz CT molecular complexity index is 6210. The lowest BCUT2D eigenvalue weighted by Gasteiger charge is -2.19. The van der Waals surface area contributed by atoms with Gasteiger partial charge in [0.15, 0.2) is 16.6 Å². The van der Waals surface area contributed by atoms with Gasteiger partial charge in [-0.05, 0) is 124 Å². The van der Waals surface area contributed by atoms with Crippen molar-refractivity contribution in [2.24, 2.45) is 0 Å². The maximum absolute atomic E-state index is 13.9. The van der Waals surface area contributed by atoms with Crippen LogP contribution in [0.4, 0.5) is 59.2 Å². The number of nitro benzene ring substituents is 2. The normalized spacial score (nSPS) is 10.3. The van der Waals surface area contributed by atoms with E-state index in [4.69, 9.17) is 68.1 Å². The number of nitrogens with two attached hydrogens (primary N) is 1. The average molecular weight is 1860 g/mol. The molecule has 1 aliphatic heterocycles. The summed E-state index contributed by atoms with van der Waals surface area (Å²) in [7, 11) is 2.06. The van der Waals surface area contributed by atoms with Crippen LogP contribution >= 0.6 is 0 Å². The van der Waals surface area contributed by atoms with E-state index in [2.05, 4.69) is 50.1 Å². The number of H-pyrrole nitrogens is 2. The third-order valence-corrected chi connectivity index (χ3v) is 15.0. The highest BCUT2D eigenvalue weighted by molar-refractivity contribution is 7.79. The summed E-state index contributed by atoms with van der Waals surface area (Å²) in [4.78, 5) is 185. The van der Waals surface area contributed by atoms with Gasteiger partial charge in [0.25, 0.3) is 5.91 Å². The molecule has 0 radical (unpaired) electrons. The minimum atomic E-state index is -4.67. The number of fused-ring (bicyclic) bond motifs is 2. The largest absolute Gasteiger partial charge is 0.478 e. The molecule has 0 spiro atoms. The maximum atomic E-state index is 13.9. The van der Waals surface area contributed by atoms with Gasteiger partial charge in [-0.2, -0.15) is 17.2 Å². The second-order valence-electron chi connectivity index (χ2n) is 23.0. The number of carboxylic acids is 4. The number of rotatable bonds is 18. The molecule has 7 aromatic carbocycles. The van der Waals surface area contributed by atoms with Crippen molar-refractivity contribution in [1.82, 2.24) is 20.4 Å².